The van der Waals surface area contributed by atoms with Crippen molar-refractivity contribution in [2.24, 2.45) is 0 Å². The molecular weight excluding hydrogens is 288 g/mol. The van der Waals surface area contributed by atoms with Crippen molar-refractivity contribution < 1.29 is 9.59 Å². The summed E-state index contributed by atoms with van der Waals surface area (Å²) in [4.78, 5) is 22.1. The zero-order valence-corrected chi connectivity index (χ0v) is 14.8. The summed E-state index contributed by atoms with van der Waals surface area (Å²) in [7, 11) is 0. The van der Waals surface area contributed by atoms with E-state index in [9.17, 15) is 9.59 Å². The van der Waals surface area contributed by atoms with Crippen LogP contribution in [0.1, 0.15) is 96.3 Å². The largest absolute Gasteiger partial charge is 0.356 e. The topological polar surface area (TPSA) is 58.2 Å². The summed E-state index contributed by atoms with van der Waals surface area (Å²) in [6.45, 7) is 1.78. The van der Waals surface area contributed by atoms with Gasteiger partial charge in [-0.3, -0.25) is 9.59 Å². The van der Waals surface area contributed by atoms with E-state index in [0.29, 0.717) is 0 Å². The van der Waals surface area contributed by atoms with Gasteiger partial charge in [0.15, 0.2) is 0 Å². The molecule has 0 aromatic heterocycles. The Kier molecular flexibility index (Phi) is 12.6. The highest BCUT2D eigenvalue weighted by molar-refractivity contribution is 5.76. The second-order valence-electron chi connectivity index (χ2n) is 6.80. The van der Waals surface area contributed by atoms with Crippen molar-refractivity contribution in [2.45, 2.75) is 96.3 Å². The summed E-state index contributed by atoms with van der Waals surface area (Å²) >= 11 is 0. The lowest BCUT2D eigenvalue weighted by molar-refractivity contribution is -0.122. The molecule has 2 amide bonds. The molecule has 0 radical (unpaired) electrons. The number of hydrogen-bond acceptors (Lipinski definition) is 2. The SMILES string of the molecule is O=C1CCCCCCCCCCN1.O=C1CCCCCCCN1. The van der Waals surface area contributed by atoms with Gasteiger partial charge in [-0.1, -0.05) is 57.8 Å². The maximum atomic E-state index is 11.2. The fourth-order valence-electron chi connectivity index (χ4n) is 3.04. The number of rotatable bonds is 0. The van der Waals surface area contributed by atoms with Crippen LogP contribution < -0.4 is 10.6 Å². The molecule has 0 aromatic rings. The molecule has 0 atom stereocenters. The van der Waals surface area contributed by atoms with Gasteiger partial charge in [0.2, 0.25) is 11.8 Å². The lowest BCUT2D eigenvalue weighted by Gasteiger charge is -2.07. The number of carbonyl (C=O) groups excluding carboxylic acids is 2. The van der Waals surface area contributed by atoms with Crippen LogP contribution in [0.25, 0.3) is 0 Å². The smallest absolute Gasteiger partial charge is 0.219 e. The maximum absolute atomic E-state index is 11.2. The molecule has 0 spiro atoms. The highest BCUT2D eigenvalue weighted by Gasteiger charge is 2.03. The van der Waals surface area contributed by atoms with E-state index < -0.39 is 0 Å². The van der Waals surface area contributed by atoms with Crippen LogP contribution in [-0.4, -0.2) is 24.9 Å². The van der Waals surface area contributed by atoms with Gasteiger partial charge in [-0.15, -0.1) is 0 Å². The number of nitrogens with one attached hydrogen (secondary N) is 2. The van der Waals surface area contributed by atoms with Crippen LogP contribution in [0.4, 0.5) is 0 Å². The van der Waals surface area contributed by atoms with Gasteiger partial charge < -0.3 is 10.6 Å². The first-order chi connectivity index (χ1) is 11.3. The van der Waals surface area contributed by atoms with Crippen LogP contribution in [0.2, 0.25) is 0 Å². The molecule has 2 rings (SSSR count). The Morgan fingerprint density at radius 1 is 0.435 bits per heavy atom. The summed E-state index contributed by atoms with van der Waals surface area (Å²) in [5.41, 5.74) is 0. The van der Waals surface area contributed by atoms with Crippen molar-refractivity contribution in [3.05, 3.63) is 0 Å². The van der Waals surface area contributed by atoms with Crippen LogP contribution in [-0.2, 0) is 9.59 Å². The molecule has 0 saturated carbocycles. The minimum Gasteiger partial charge on any atom is -0.356 e. The van der Waals surface area contributed by atoms with Gasteiger partial charge in [0.25, 0.3) is 0 Å². The Hall–Kier alpha value is -1.06. The van der Waals surface area contributed by atoms with E-state index in [1.54, 1.807) is 0 Å². The van der Waals surface area contributed by atoms with E-state index in [2.05, 4.69) is 10.6 Å². The van der Waals surface area contributed by atoms with Gasteiger partial charge in [-0.2, -0.15) is 0 Å². The van der Waals surface area contributed by atoms with Crippen molar-refractivity contribution in [3.63, 3.8) is 0 Å². The average molecular weight is 325 g/mol. The molecular formula is C19H36N2O2. The van der Waals surface area contributed by atoms with Crippen LogP contribution in [0.3, 0.4) is 0 Å². The quantitative estimate of drug-likeness (QED) is 0.705. The molecule has 4 nitrogen and oxygen atoms in total. The second-order valence-corrected chi connectivity index (χ2v) is 6.80. The molecule has 2 saturated heterocycles. The van der Waals surface area contributed by atoms with Crippen molar-refractivity contribution in [1.82, 2.24) is 10.6 Å². The lowest BCUT2D eigenvalue weighted by Crippen LogP contribution is -2.24. The Balaban J connectivity index is 0.000000238. The molecule has 2 N–H and O–H groups in total. The van der Waals surface area contributed by atoms with Crippen LogP contribution >= 0.6 is 0 Å². The Morgan fingerprint density at radius 3 is 1.13 bits per heavy atom. The van der Waals surface area contributed by atoms with E-state index in [0.717, 1.165) is 51.6 Å². The van der Waals surface area contributed by atoms with E-state index in [-0.39, 0.29) is 11.8 Å². The molecule has 0 aromatic carbocycles. The van der Waals surface area contributed by atoms with E-state index in [1.807, 2.05) is 0 Å². The zero-order valence-electron chi connectivity index (χ0n) is 14.8. The average Bonchev–Trinajstić information content (AvgIpc) is 2.65. The van der Waals surface area contributed by atoms with E-state index in [1.165, 1.54) is 57.8 Å². The Morgan fingerprint density at radius 2 is 0.739 bits per heavy atom. The summed E-state index contributed by atoms with van der Waals surface area (Å²) in [6, 6.07) is 0. The van der Waals surface area contributed by atoms with Gasteiger partial charge in [-0.05, 0) is 25.7 Å². The minimum absolute atomic E-state index is 0.238. The van der Waals surface area contributed by atoms with Crippen LogP contribution in [0.15, 0.2) is 0 Å². The Bertz CT molecular complexity index is 292. The van der Waals surface area contributed by atoms with Gasteiger partial charge in [0.05, 0.1) is 0 Å². The molecule has 2 fully saturated rings. The predicted octanol–water partition coefficient (Wildman–Crippen LogP) is 4.08. The number of amides is 2. The first kappa shape index (κ1) is 20.0. The minimum atomic E-state index is 0.238. The standard InChI is InChI=1S/C11H21NO.C8H15NO/c13-11-9-7-5-3-1-2-4-6-8-10-12-11;10-8-6-4-2-1-3-5-7-9-8/h1-10H2,(H,12,13);1-7H2,(H,9,10). The third-order valence-corrected chi connectivity index (χ3v) is 4.56. The number of carbonyl (C=O) groups is 2. The van der Waals surface area contributed by atoms with Crippen LogP contribution in [0.5, 0.6) is 0 Å². The van der Waals surface area contributed by atoms with E-state index >= 15 is 0 Å². The molecule has 4 heteroatoms. The Labute approximate surface area is 142 Å². The van der Waals surface area contributed by atoms with Gasteiger partial charge in [0.1, 0.15) is 0 Å². The summed E-state index contributed by atoms with van der Waals surface area (Å²) in [5.74, 6) is 0.488. The molecule has 0 bridgehead atoms. The van der Waals surface area contributed by atoms with Crippen molar-refractivity contribution in [2.75, 3.05) is 13.1 Å². The van der Waals surface area contributed by atoms with E-state index in [4.69, 9.17) is 0 Å². The summed E-state index contributed by atoms with van der Waals surface area (Å²) < 4.78 is 0. The molecule has 23 heavy (non-hydrogen) atoms. The predicted molar refractivity (Wildman–Crippen MR) is 95.3 cm³/mol. The number of hydrogen-bond donors (Lipinski definition) is 2. The molecule has 0 aliphatic carbocycles. The normalized spacial score (nSPS) is 22.4. The van der Waals surface area contributed by atoms with Crippen LogP contribution in [0, 0.1) is 0 Å². The van der Waals surface area contributed by atoms with Crippen molar-refractivity contribution in [3.8, 4) is 0 Å². The third-order valence-electron chi connectivity index (χ3n) is 4.56. The molecule has 2 heterocycles. The lowest BCUT2D eigenvalue weighted by atomic mass is 10.1. The zero-order chi connectivity index (χ0) is 16.6. The third kappa shape index (κ3) is 13.1. The summed E-state index contributed by atoms with van der Waals surface area (Å²) in [5, 5.41) is 5.85. The van der Waals surface area contributed by atoms with Gasteiger partial charge in [-0.25, -0.2) is 0 Å². The second kappa shape index (κ2) is 14.5. The molecule has 134 valence electrons. The van der Waals surface area contributed by atoms with Gasteiger partial charge >= 0.3 is 0 Å². The van der Waals surface area contributed by atoms with Gasteiger partial charge in [0, 0.05) is 25.9 Å². The fraction of sp³-hybridized carbons (Fsp3) is 0.895. The molecule has 2 aliphatic rings. The highest BCUT2D eigenvalue weighted by Crippen LogP contribution is 2.10. The molecule has 2 aliphatic heterocycles. The monoisotopic (exact) mass is 324 g/mol. The molecule has 0 unspecified atom stereocenters. The fourth-order valence-corrected chi connectivity index (χ4v) is 3.04. The van der Waals surface area contributed by atoms with Crippen molar-refractivity contribution in [1.29, 1.82) is 0 Å². The summed E-state index contributed by atoms with van der Waals surface area (Å²) in [6.07, 6.45) is 17.7. The highest BCUT2D eigenvalue weighted by atomic mass is 16.2. The first-order valence-corrected chi connectivity index (χ1v) is 9.82. The van der Waals surface area contributed by atoms with Crippen molar-refractivity contribution >= 4 is 11.8 Å². The maximum Gasteiger partial charge on any atom is 0.219 e. The first-order valence-electron chi connectivity index (χ1n) is 9.82.